The molecule has 3 radical (unpaired) electrons. The number of ether oxygens (including phenoxy) is 3. The molecule has 2 saturated carbocycles. The third kappa shape index (κ3) is 4.91. The number of aliphatic hydroxyl groups excluding tert-OH is 2. The molecule has 12 heteroatoms. The van der Waals surface area contributed by atoms with E-state index < -0.39 is 82.1 Å². The van der Waals surface area contributed by atoms with E-state index in [1.54, 1.807) is 45.2 Å². The summed E-state index contributed by atoms with van der Waals surface area (Å²) in [6.07, 6.45) is -6.82. The molecule has 1 aliphatic heterocycles. The van der Waals surface area contributed by atoms with Crippen molar-refractivity contribution in [2.75, 3.05) is 6.61 Å². The second-order valence-electron chi connectivity index (χ2n) is 12.8. The molecule has 0 spiro atoms. The number of thiophene rings is 1. The van der Waals surface area contributed by atoms with Crippen LogP contribution in [0, 0.1) is 67.7 Å². The third-order valence-electron chi connectivity index (χ3n) is 10.4. The largest absolute Gasteiger partial charge is 0.459 e. The van der Waals surface area contributed by atoms with Gasteiger partial charge in [-0.15, -0.1) is 11.3 Å². The van der Waals surface area contributed by atoms with Crippen molar-refractivity contribution < 1.29 is 93.1 Å². The Morgan fingerprint density at radius 1 is 1.21 bits per heavy atom. The van der Waals surface area contributed by atoms with E-state index in [0.29, 0.717) is 16.0 Å². The first-order chi connectivity index (χ1) is 19.0. The maximum atomic E-state index is 14.1. The second kappa shape index (κ2) is 11.6. The Kier molecular flexibility index (Phi) is 9.42. The van der Waals surface area contributed by atoms with E-state index in [1.807, 2.05) is 0 Å². The molecule has 10 atom stereocenters. The normalized spacial score (nSPS) is 40.1. The Morgan fingerprint density at radius 3 is 2.43 bits per heavy atom. The smallest absolute Gasteiger partial charge is 0.336 e. The minimum absolute atomic E-state index is 0. The van der Waals surface area contributed by atoms with Crippen LogP contribution >= 0.6 is 11.3 Å². The van der Waals surface area contributed by atoms with Gasteiger partial charge >= 0.3 is 11.9 Å². The van der Waals surface area contributed by atoms with Crippen LogP contribution in [0.1, 0.15) is 64.7 Å². The fraction of sp³-hybridized carbons (Fsp3) is 0.667. The molecule has 4 N–H and O–H groups in total. The first kappa shape index (κ1) is 34.2. The predicted molar refractivity (Wildman–Crippen MR) is 145 cm³/mol. The molecule has 0 unspecified atom stereocenters. The average Bonchev–Trinajstić information content (AvgIpc) is 3.44. The Labute approximate surface area is 285 Å². The summed E-state index contributed by atoms with van der Waals surface area (Å²) in [7, 11) is 0. The Balaban J connectivity index is 0.00000405. The van der Waals surface area contributed by atoms with Crippen LogP contribution in [0.15, 0.2) is 28.7 Å². The maximum absolute atomic E-state index is 14.1. The summed E-state index contributed by atoms with van der Waals surface area (Å²) in [5, 5.41) is 48.3. The zero-order chi connectivity index (χ0) is 30.3. The van der Waals surface area contributed by atoms with E-state index in [0.717, 1.165) is 6.92 Å². The fourth-order valence-electron chi connectivity index (χ4n) is 7.61. The molecule has 227 valence electrons. The van der Waals surface area contributed by atoms with Crippen molar-refractivity contribution in [2.24, 2.45) is 16.7 Å². The van der Waals surface area contributed by atoms with Gasteiger partial charge in [0.1, 0.15) is 29.2 Å². The Morgan fingerprint density at radius 2 is 1.88 bits per heavy atom. The summed E-state index contributed by atoms with van der Waals surface area (Å²) in [6.45, 7) is 13.8. The van der Waals surface area contributed by atoms with Crippen molar-refractivity contribution in [1.82, 2.24) is 0 Å². The molecular weight excluding hydrogens is 779 g/mol. The van der Waals surface area contributed by atoms with Gasteiger partial charge in [-0.25, -0.2) is 4.79 Å². The molecule has 4 aliphatic rings. The first-order valence-electron chi connectivity index (χ1n) is 13.8. The number of aliphatic hydroxyl groups is 4. The van der Waals surface area contributed by atoms with Crippen LogP contribution in [-0.2, 0) is 28.6 Å². The zero-order valence-corrected chi connectivity index (χ0v) is 30.0. The summed E-state index contributed by atoms with van der Waals surface area (Å²) in [6, 6.07) is 3.43. The number of hydrogen-bond acceptors (Lipinski definition) is 11. The quantitative estimate of drug-likeness (QED) is 0.255. The molecule has 3 aliphatic carbocycles. The molecule has 1 aromatic heterocycles. The Bertz CT molecular complexity index is 1280. The van der Waals surface area contributed by atoms with E-state index in [4.69, 9.17) is 21.1 Å². The number of esters is 2. The van der Waals surface area contributed by atoms with Crippen molar-refractivity contribution in [3.05, 3.63) is 40.5 Å². The Hall–Kier alpha value is -0.708. The number of carbonyl (C=O) groups excluding carboxylic acids is 3. The van der Waals surface area contributed by atoms with Crippen LogP contribution in [0.3, 0.4) is 0 Å². The van der Waals surface area contributed by atoms with Gasteiger partial charge in [-0.1, -0.05) is 25.5 Å². The van der Waals surface area contributed by atoms with Crippen LogP contribution in [0.25, 0.3) is 0 Å². The van der Waals surface area contributed by atoms with Gasteiger partial charge in [0.15, 0.2) is 6.10 Å². The summed E-state index contributed by atoms with van der Waals surface area (Å²) in [5.41, 5.74) is -5.44. The topological polar surface area (TPSA) is 160 Å². The summed E-state index contributed by atoms with van der Waals surface area (Å²) >= 11 is 1.28. The van der Waals surface area contributed by atoms with E-state index >= 15 is 0 Å². The standard InChI is InChI=1S/C30H38O10S.Ac/c1-14-17-10-20(32)28(6)21(33)11-22-29(36,13-38-22)24(28)25(39-16(3)31)30(37,27(17,4)5)12-18(14)40-26(35)23(34)15(2)19-8-7-9-41-19;/h2,7-9,15,18,21-25,33-34,36-37H,10-13H2,1,3-6H3;/t15-,18-,21-,22+,23+,24-,25-,28+,29-,30+;/m0./s1. The number of rotatable bonds is 5. The van der Waals surface area contributed by atoms with E-state index in [9.17, 15) is 34.8 Å². The zero-order valence-electron chi connectivity index (χ0n) is 24.4. The van der Waals surface area contributed by atoms with Crippen LogP contribution < -0.4 is 0 Å². The van der Waals surface area contributed by atoms with Gasteiger partial charge in [0.05, 0.1) is 24.2 Å². The van der Waals surface area contributed by atoms with Gasteiger partial charge in [0, 0.05) is 92.4 Å². The van der Waals surface area contributed by atoms with E-state index in [2.05, 4.69) is 0 Å². The number of carbonyl (C=O) groups is 3. The fourth-order valence-corrected chi connectivity index (χ4v) is 8.37. The molecule has 0 amide bonds. The van der Waals surface area contributed by atoms with Crippen LogP contribution in [0.4, 0.5) is 0 Å². The van der Waals surface area contributed by atoms with Crippen LogP contribution in [0.5, 0.6) is 0 Å². The van der Waals surface area contributed by atoms with Crippen molar-refractivity contribution in [1.29, 1.82) is 0 Å². The number of hydrogen-bond donors (Lipinski definition) is 4. The molecule has 3 fully saturated rings. The van der Waals surface area contributed by atoms with Crippen LogP contribution in [0.2, 0.25) is 0 Å². The van der Waals surface area contributed by atoms with Crippen molar-refractivity contribution in [3.8, 4) is 0 Å². The first-order valence-corrected chi connectivity index (χ1v) is 14.7. The predicted octanol–water partition coefficient (Wildman–Crippen LogP) is 1.71. The SMILES string of the molecule is [Ac].[CH][C@@H](c1cccs1)[C@@H](O)C(=O)O[C@H]1C[C@@]2(O)[C@@H](OC(C)=O)[C@@H]3[C@]4(O)CO[C@@H]4C[C@H](O)[C@@]3(C)C(=O)CC(=C1C)C2(C)C. The summed E-state index contributed by atoms with van der Waals surface area (Å²) in [4.78, 5) is 40.4. The van der Waals surface area contributed by atoms with E-state index in [1.165, 1.54) is 11.3 Å². The molecule has 0 aromatic carbocycles. The van der Waals surface area contributed by atoms with Gasteiger partial charge in [-0.05, 0) is 37.8 Å². The van der Waals surface area contributed by atoms with Crippen LogP contribution in [-0.4, -0.2) is 86.5 Å². The minimum atomic E-state index is -1.97. The van der Waals surface area contributed by atoms with Gasteiger partial charge in [0.25, 0.3) is 0 Å². The van der Waals surface area contributed by atoms with Gasteiger partial charge in [-0.2, -0.15) is 0 Å². The third-order valence-corrected chi connectivity index (χ3v) is 11.4. The van der Waals surface area contributed by atoms with Gasteiger partial charge < -0.3 is 34.6 Å². The molecular formula is C30H38AcO10S. The van der Waals surface area contributed by atoms with Gasteiger partial charge in [0.2, 0.25) is 0 Å². The monoisotopic (exact) mass is 817 g/mol. The molecule has 42 heavy (non-hydrogen) atoms. The molecule has 2 bridgehead atoms. The van der Waals surface area contributed by atoms with Crippen molar-refractivity contribution >= 4 is 29.1 Å². The van der Waals surface area contributed by atoms with Gasteiger partial charge in [-0.3, -0.25) is 9.59 Å². The van der Waals surface area contributed by atoms with Crippen molar-refractivity contribution in [2.45, 2.75) is 102 Å². The average molecular weight is 818 g/mol. The minimum Gasteiger partial charge on any atom is -0.459 e. The van der Waals surface area contributed by atoms with E-state index in [-0.39, 0.29) is 69.9 Å². The second-order valence-corrected chi connectivity index (χ2v) is 13.7. The number of fused-ring (bicyclic) bond motifs is 5. The molecule has 2 heterocycles. The summed E-state index contributed by atoms with van der Waals surface area (Å²) in [5.74, 6) is -4.43. The molecule has 10 nitrogen and oxygen atoms in total. The number of ketones is 1. The molecule has 5 rings (SSSR count). The summed E-state index contributed by atoms with van der Waals surface area (Å²) < 4.78 is 17.1. The number of Topliss-reactive ketones (excluding diaryl/α,β-unsaturated/α-hetero) is 1. The maximum Gasteiger partial charge on any atom is 0.336 e. The van der Waals surface area contributed by atoms with Crippen molar-refractivity contribution in [3.63, 3.8) is 0 Å². The molecule has 1 saturated heterocycles. The molecule has 1 aromatic rings.